The Morgan fingerprint density at radius 2 is 1.80 bits per heavy atom. The van der Waals surface area contributed by atoms with Crippen LogP contribution in [-0.4, -0.2) is 26.9 Å². The van der Waals surface area contributed by atoms with Crippen LogP contribution in [0.5, 0.6) is 17.2 Å². The lowest BCUT2D eigenvalue weighted by Crippen LogP contribution is -2.07. The number of ether oxygens (including phenoxy) is 2. The SMILES string of the molecule is COc1cc(Oc2ccccc2)ccc1-c1nn(C2CCCC2)c2ncnc(N)c12. The number of para-hydroxylation sites is 1. The lowest BCUT2D eigenvalue weighted by molar-refractivity contribution is 0.410. The van der Waals surface area contributed by atoms with Gasteiger partial charge in [0.1, 0.15) is 35.1 Å². The Bertz CT molecular complexity index is 1180. The normalized spacial score (nSPS) is 14.3. The molecule has 4 aromatic rings. The van der Waals surface area contributed by atoms with Crippen LogP contribution in [0.25, 0.3) is 22.3 Å². The van der Waals surface area contributed by atoms with E-state index in [9.17, 15) is 0 Å². The van der Waals surface area contributed by atoms with Gasteiger partial charge in [-0.25, -0.2) is 14.6 Å². The number of hydrogen-bond donors (Lipinski definition) is 1. The summed E-state index contributed by atoms with van der Waals surface area (Å²) in [5, 5.41) is 5.70. The van der Waals surface area contributed by atoms with E-state index in [1.165, 1.54) is 19.2 Å². The molecule has 1 aliphatic carbocycles. The van der Waals surface area contributed by atoms with Crippen LogP contribution in [0.3, 0.4) is 0 Å². The van der Waals surface area contributed by atoms with Crippen LogP contribution >= 0.6 is 0 Å². The molecular formula is C23H23N5O2. The van der Waals surface area contributed by atoms with Gasteiger partial charge in [-0.05, 0) is 37.1 Å². The molecule has 1 saturated carbocycles. The second kappa shape index (κ2) is 7.67. The Hall–Kier alpha value is -3.61. The summed E-state index contributed by atoms with van der Waals surface area (Å²) in [4.78, 5) is 8.72. The standard InChI is InChI=1S/C23H23N5O2/c1-29-19-13-17(30-16-9-3-2-4-10-16)11-12-18(19)21-20-22(24)25-14-26-23(20)28(27-21)15-7-5-6-8-15/h2-4,9-15H,5-8H2,1H3,(H2,24,25,26). The van der Waals surface area contributed by atoms with Gasteiger partial charge >= 0.3 is 0 Å². The molecule has 5 rings (SSSR count). The van der Waals surface area contributed by atoms with Crippen molar-refractivity contribution in [3.8, 4) is 28.5 Å². The predicted octanol–water partition coefficient (Wildman–Crippen LogP) is 4.99. The number of methoxy groups -OCH3 is 1. The van der Waals surface area contributed by atoms with Crippen LogP contribution in [0.1, 0.15) is 31.7 Å². The van der Waals surface area contributed by atoms with Crippen molar-refractivity contribution < 1.29 is 9.47 Å². The highest BCUT2D eigenvalue weighted by atomic mass is 16.5. The molecular weight excluding hydrogens is 378 g/mol. The average Bonchev–Trinajstić information content (AvgIpc) is 3.43. The maximum atomic E-state index is 6.26. The Kier molecular flexibility index (Phi) is 4.71. The van der Waals surface area contributed by atoms with E-state index in [1.807, 2.05) is 53.2 Å². The molecule has 2 N–H and O–H groups in total. The van der Waals surface area contributed by atoms with Gasteiger partial charge in [-0.1, -0.05) is 31.0 Å². The molecule has 0 amide bonds. The number of hydrogen-bond acceptors (Lipinski definition) is 6. The summed E-state index contributed by atoms with van der Waals surface area (Å²) >= 11 is 0. The van der Waals surface area contributed by atoms with Gasteiger partial charge in [0, 0.05) is 11.6 Å². The summed E-state index contributed by atoms with van der Waals surface area (Å²) in [6, 6.07) is 15.7. The van der Waals surface area contributed by atoms with Crippen LogP contribution in [-0.2, 0) is 0 Å². The fourth-order valence-corrected chi connectivity index (χ4v) is 4.14. The van der Waals surface area contributed by atoms with Crippen molar-refractivity contribution in [3.63, 3.8) is 0 Å². The van der Waals surface area contributed by atoms with E-state index >= 15 is 0 Å². The average molecular weight is 401 g/mol. The lowest BCUT2D eigenvalue weighted by atomic mass is 10.1. The van der Waals surface area contributed by atoms with Crippen molar-refractivity contribution >= 4 is 16.9 Å². The number of anilines is 1. The van der Waals surface area contributed by atoms with E-state index in [0.29, 0.717) is 23.4 Å². The topological polar surface area (TPSA) is 88.1 Å². The van der Waals surface area contributed by atoms with Crippen LogP contribution in [0, 0.1) is 0 Å². The van der Waals surface area contributed by atoms with Gasteiger partial charge in [0.25, 0.3) is 0 Å². The van der Waals surface area contributed by atoms with Crippen molar-refractivity contribution in [1.29, 1.82) is 0 Å². The molecule has 0 unspecified atom stereocenters. The van der Waals surface area contributed by atoms with E-state index in [-0.39, 0.29) is 0 Å². The van der Waals surface area contributed by atoms with Crippen molar-refractivity contribution in [2.75, 3.05) is 12.8 Å². The highest BCUT2D eigenvalue weighted by Gasteiger charge is 2.25. The van der Waals surface area contributed by atoms with Gasteiger partial charge in [0.15, 0.2) is 5.65 Å². The fourth-order valence-electron chi connectivity index (χ4n) is 4.14. The van der Waals surface area contributed by atoms with Gasteiger partial charge in [-0.15, -0.1) is 0 Å². The molecule has 0 bridgehead atoms. The Morgan fingerprint density at radius 3 is 2.57 bits per heavy atom. The summed E-state index contributed by atoms with van der Waals surface area (Å²) in [5.74, 6) is 2.53. The minimum Gasteiger partial charge on any atom is -0.496 e. The molecule has 7 nitrogen and oxygen atoms in total. The third-order valence-electron chi connectivity index (χ3n) is 5.60. The number of nitrogen functional groups attached to an aromatic ring is 1. The van der Waals surface area contributed by atoms with Crippen molar-refractivity contribution in [2.24, 2.45) is 0 Å². The summed E-state index contributed by atoms with van der Waals surface area (Å²) in [6.07, 6.45) is 6.11. The minimum absolute atomic E-state index is 0.335. The van der Waals surface area contributed by atoms with Gasteiger partial charge in [0.2, 0.25) is 0 Å². The Labute approximate surface area is 174 Å². The summed E-state index contributed by atoms with van der Waals surface area (Å²) in [7, 11) is 1.64. The van der Waals surface area contributed by atoms with Crippen LogP contribution < -0.4 is 15.2 Å². The number of fused-ring (bicyclic) bond motifs is 1. The molecule has 1 fully saturated rings. The number of aromatic nitrogens is 4. The second-order valence-corrected chi connectivity index (χ2v) is 7.47. The molecule has 152 valence electrons. The monoisotopic (exact) mass is 401 g/mol. The maximum absolute atomic E-state index is 6.26. The van der Waals surface area contributed by atoms with E-state index in [4.69, 9.17) is 20.3 Å². The highest BCUT2D eigenvalue weighted by Crippen LogP contribution is 2.40. The Balaban J connectivity index is 1.61. The van der Waals surface area contributed by atoms with Gasteiger partial charge in [-0.2, -0.15) is 5.10 Å². The minimum atomic E-state index is 0.335. The van der Waals surface area contributed by atoms with Crippen LogP contribution in [0.2, 0.25) is 0 Å². The first-order chi connectivity index (χ1) is 14.7. The first kappa shape index (κ1) is 18.4. The summed E-state index contributed by atoms with van der Waals surface area (Å²) < 4.78 is 13.7. The zero-order valence-electron chi connectivity index (χ0n) is 16.8. The first-order valence-electron chi connectivity index (χ1n) is 10.1. The molecule has 0 saturated heterocycles. The Morgan fingerprint density at radius 1 is 1.00 bits per heavy atom. The first-order valence-corrected chi connectivity index (χ1v) is 10.1. The summed E-state index contributed by atoms with van der Waals surface area (Å²) in [5.41, 5.74) is 8.60. The lowest BCUT2D eigenvalue weighted by Gasteiger charge is -2.11. The molecule has 2 heterocycles. The number of benzene rings is 2. The number of rotatable bonds is 5. The van der Waals surface area contributed by atoms with E-state index < -0.39 is 0 Å². The predicted molar refractivity (Wildman–Crippen MR) is 116 cm³/mol. The quantitative estimate of drug-likeness (QED) is 0.507. The van der Waals surface area contributed by atoms with Crippen molar-refractivity contribution in [3.05, 3.63) is 54.9 Å². The highest BCUT2D eigenvalue weighted by molar-refractivity contribution is 5.99. The van der Waals surface area contributed by atoms with Crippen LogP contribution in [0.4, 0.5) is 5.82 Å². The zero-order chi connectivity index (χ0) is 20.5. The molecule has 0 spiro atoms. The summed E-state index contributed by atoms with van der Waals surface area (Å²) in [6.45, 7) is 0. The van der Waals surface area contributed by atoms with E-state index in [0.717, 1.165) is 40.9 Å². The second-order valence-electron chi connectivity index (χ2n) is 7.47. The molecule has 7 heteroatoms. The maximum Gasteiger partial charge on any atom is 0.164 e. The molecule has 30 heavy (non-hydrogen) atoms. The molecule has 1 aliphatic rings. The molecule has 0 aliphatic heterocycles. The third kappa shape index (κ3) is 3.22. The van der Waals surface area contributed by atoms with Crippen molar-refractivity contribution in [2.45, 2.75) is 31.7 Å². The van der Waals surface area contributed by atoms with Gasteiger partial charge in [0.05, 0.1) is 18.5 Å². The molecule has 2 aromatic heterocycles. The fraction of sp³-hybridized carbons (Fsp3) is 0.261. The largest absolute Gasteiger partial charge is 0.496 e. The van der Waals surface area contributed by atoms with E-state index in [2.05, 4.69) is 9.97 Å². The number of nitrogens with two attached hydrogens (primary N) is 1. The third-order valence-corrected chi connectivity index (χ3v) is 5.60. The molecule has 0 atom stereocenters. The molecule has 0 radical (unpaired) electrons. The number of nitrogens with zero attached hydrogens (tertiary/aromatic N) is 4. The van der Waals surface area contributed by atoms with Gasteiger partial charge < -0.3 is 15.2 Å². The molecule has 2 aromatic carbocycles. The van der Waals surface area contributed by atoms with Gasteiger partial charge in [-0.3, -0.25) is 0 Å². The van der Waals surface area contributed by atoms with E-state index in [1.54, 1.807) is 7.11 Å². The smallest absolute Gasteiger partial charge is 0.164 e. The van der Waals surface area contributed by atoms with Crippen LogP contribution in [0.15, 0.2) is 54.9 Å². The zero-order valence-corrected chi connectivity index (χ0v) is 16.8. The van der Waals surface area contributed by atoms with Crippen molar-refractivity contribution in [1.82, 2.24) is 19.7 Å².